The monoisotopic (exact) mass is 378 g/mol. The molecule has 0 aliphatic heterocycles. The van der Waals surface area contributed by atoms with Crippen LogP contribution in [0.5, 0.6) is 0 Å². The molecule has 1 N–H and O–H groups in total. The normalized spacial score (nSPS) is 10.7. The van der Waals surface area contributed by atoms with Gasteiger partial charge in [0.1, 0.15) is 4.88 Å². The van der Waals surface area contributed by atoms with E-state index in [1.54, 1.807) is 24.3 Å². The largest absolute Gasteiger partial charge is 0.322 e. The lowest BCUT2D eigenvalue weighted by Gasteiger charge is -2.10. The van der Waals surface area contributed by atoms with Gasteiger partial charge in [0.2, 0.25) is 0 Å². The summed E-state index contributed by atoms with van der Waals surface area (Å²) in [6.45, 7) is 0. The van der Waals surface area contributed by atoms with E-state index in [1.807, 2.05) is 52.7 Å². The number of anilines is 1. The average molecular weight is 379 g/mol. The first-order chi connectivity index (χ1) is 12.7. The van der Waals surface area contributed by atoms with Gasteiger partial charge in [-0.05, 0) is 42.0 Å². The average Bonchev–Trinajstić information content (AvgIpc) is 3.33. The Kier molecular flexibility index (Phi) is 4.61. The van der Waals surface area contributed by atoms with Gasteiger partial charge in [-0.3, -0.25) is 4.79 Å². The highest BCUT2D eigenvalue weighted by Gasteiger charge is 2.20. The minimum absolute atomic E-state index is 0.136. The number of nitrogens with zero attached hydrogens (tertiary/aromatic N) is 1. The van der Waals surface area contributed by atoms with Crippen LogP contribution in [0.25, 0.3) is 16.8 Å². The first-order valence-corrected chi connectivity index (χ1v) is 9.35. The van der Waals surface area contributed by atoms with Gasteiger partial charge in [-0.1, -0.05) is 41.9 Å². The van der Waals surface area contributed by atoms with Crippen molar-refractivity contribution in [3.05, 3.63) is 94.4 Å². The summed E-state index contributed by atoms with van der Waals surface area (Å²) in [5, 5.41) is 5.62. The van der Waals surface area contributed by atoms with Crippen LogP contribution in [0, 0.1) is 0 Å². The molecule has 0 aliphatic rings. The molecule has 128 valence electrons. The molecule has 4 rings (SSSR count). The molecule has 3 nitrogen and oxygen atoms in total. The highest BCUT2D eigenvalue weighted by atomic mass is 35.5. The SMILES string of the molecule is O=C(Nc1ccc(Cl)cc1)c1scc(-c2ccccc2)c1-n1cccc1. The van der Waals surface area contributed by atoms with E-state index in [4.69, 9.17) is 11.6 Å². The van der Waals surface area contributed by atoms with Gasteiger partial charge in [0, 0.05) is 34.0 Å². The maximum Gasteiger partial charge on any atom is 0.267 e. The topological polar surface area (TPSA) is 34.0 Å². The molecule has 5 heteroatoms. The molecule has 1 amide bonds. The van der Waals surface area contributed by atoms with Crippen LogP contribution < -0.4 is 5.32 Å². The summed E-state index contributed by atoms with van der Waals surface area (Å²) in [6.07, 6.45) is 3.90. The third-order valence-corrected chi connectivity index (χ3v) is 5.24. The number of amides is 1. The lowest BCUT2D eigenvalue weighted by atomic mass is 10.1. The Morgan fingerprint density at radius 2 is 1.62 bits per heavy atom. The fourth-order valence-corrected chi connectivity index (χ4v) is 3.89. The summed E-state index contributed by atoms with van der Waals surface area (Å²) in [5.74, 6) is -0.136. The van der Waals surface area contributed by atoms with Crippen molar-refractivity contribution in [3.8, 4) is 16.8 Å². The number of carbonyl (C=O) groups is 1. The van der Waals surface area contributed by atoms with Crippen molar-refractivity contribution < 1.29 is 4.79 Å². The van der Waals surface area contributed by atoms with Crippen LogP contribution in [-0.2, 0) is 0 Å². The van der Waals surface area contributed by atoms with E-state index in [9.17, 15) is 4.79 Å². The smallest absolute Gasteiger partial charge is 0.267 e. The maximum atomic E-state index is 12.9. The Morgan fingerprint density at radius 1 is 0.923 bits per heavy atom. The van der Waals surface area contributed by atoms with Gasteiger partial charge in [0.15, 0.2) is 0 Å². The summed E-state index contributed by atoms with van der Waals surface area (Å²) in [7, 11) is 0. The Labute approximate surface area is 160 Å². The Balaban J connectivity index is 1.75. The number of benzene rings is 2. The van der Waals surface area contributed by atoms with E-state index in [1.165, 1.54) is 11.3 Å². The van der Waals surface area contributed by atoms with Gasteiger partial charge in [-0.15, -0.1) is 11.3 Å². The summed E-state index contributed by atoms with van der Waals surface area (Å²) in [5.41, 5.74) is 3.72. The number of hydrogen-bond acceptors (Lipinski definition) is 2. The van der Waals surface area contributed by atoms with Gasteiger partial charge in [-0.2, -0.15) is 0 Å². The lowest BCUT2D eigenvalue weighted by molar-refractivity contribution is 0.103. The molecule has 0 bridgehead atoms. The number of nitrogens with one attached hydrogen (secondary N) is 1. The summed E-state index contributed by atoms with van der Waals surface area (Å²) in [4.78, 5) is 13.6. The molecule has 4 aromatic rings. The molecule has 26 heavy (non-hydrogen) atoms. The van der Waals surface area contributed by atoms with Crippen molar-refractivity contribution in [2.45, 2.75) is 0 Å². The molecule has 0 spiro atoms. The number of hydrogen-bond donors (Lipinski definition) is 1. The second-order valence-corrected chi connectivity index (χ2v) is 7.06. The number of carbonyl (C=O) groups excluding carboxylic acids is 1. The highest BCUT2D eigenvalue weighted by molar-refractivity contribution is 7.13. The van der Waals surface area contributed by atoms with Gasteiger partial charge in [-0.25, -0.2) is 0 Å². The van der Waals surface area contributed by atoms with Crippen molar-refractivity contribution in [2.24, 2.45) is 0 Å². The zero-order valence-electron chi connectivity index (χ0n) is 13.7. The van der Waals surface area contributed by atoms with Gasteiger partial charge in [0.25, 0.3) is 5.91 Å². The summed E-state index contributed by atoms with van der Waals surface area (Å²) >= 11 is 7.36. The fourth-order valence-electron chi connectivity index (χ4n) is 2.80. The van der Waals surface area contributed by atoms with Crippen LogP contribution in [0.4, 0.5) is 5.69 Å². The number of halogens is 1. The van der Waals surface area contributed by atoms with E-state index in [2.05, 4.69) is 17.4 Å². The molecule has 2 aromatic carbocycles. The van der Waals surface area contributed by atoms with Crippen LogP contribution in [0.2, 0.25) is 5.02 Å². The first-order valence-electron chi connectivity index (χ1n) is 8.09. The second-order valence-electron chi connectivity index (χ2n) is 5.74. The van der Waals surface area contributed by atoms with Crippen molar-refractivity contribution in [3.63, 3.8) is 0 Å². The molecule has 2 aromatic heterocycles. The Hall–Kier alpha value is -2.82. The Bertz CT molecular complexity index is 1020. The number of rotatable bonds is 4. The van der Waals surface area contributed by atoms with Crippen molar-refractivity contribution in [2.75, 3.05) is 5.32 Å². The standard InChI is InChI=1S/C21H15ClN2OS/c22-16-8-10-17(11-9-16)23-21(25)20-19(24-12-4-5-13-24)18(14-26-20)15-6-2-1-3-7-15/h1-14H,(H,23,25). The van der Waals surface area contributed by atoms with Crippen molar-refractivity contribution in [1.82, 2.24) is 4.57 Å². The van der Waals surface area contributed by atoms with E-state index in [0.29, 0.717) is 15.6 Å². The van der Waals surface area contributed by atoms with E-state index in [-0.39, 0.29) is 5.91 Å². The van der Waals surface area contributed by atoms with Crippen LogP contribution >= 0.6 is 22.9 Å². The molecular weight excluding hydrogens is 364 g/mol. The van der Waals surface area contributed by atoms with E-state index in [0.717, 1.165) is 16.8 Å². The molecule has 0 saturated heterocycles. The van der Waals surface area contributed by atoms with E-state index >= 15 is 0 Å². The molecular formula is C21H15ClN2OS. The maximum absolute atomic E-state index is 12.9. The van der Waals surface area contributed by atoms with Gasteiger partial charge < -0.3 is 9.88 Å². The number of aromatic nitrogens is 1. The second kappa shape index (κ2) is 7.20. The van der Waals surface area contributed by atoms with E-state index < -0.39 is 0 Å². The lowest BCUT2D eigenvalue weighted by Crippen LogP contribution is -2.12. The third kappa shape index (κ3) is 3.29. The van der Waals surface area contributed by atoms with Gasteiger partial charge >= 0.3 is 0 Å². The third-order valence-electron chi connectivity index (χ3n) is 4.02. The minimum atomic E-state index is -0.136. The quantitative estimate of drug-likeness (QED) is 0.456. The molecule has 2 heterocycles. The highest BCUT2D eigenvalue weighted by Crippen LogP contribution is 2.35. The summed E-state index contributed by atoms with van der Waals surface area (Å²) < 4.78 is 1.98. The number of thiophene rings is 1. The first kappa shape index (κ1) is 16.6. The molecule has 0 saturated carbocycles. The molecule has 0 fully saturated rings. The summed E-state index contributed by atoms with van der Waals surface area (Å²) in [6, 6.07) is 21.1. The zero-order valence-corrected chi connectivity index (χ0v) is 15.3. The Morgan fingerprint density at radius 3 is 2.31 bits per heavy atom. The van der Waals surface area contributed by atoms with Gasteiger partial charge in [0.05, 0.1) is 5.69 Å². The van der Waals surface area contributed by atoms with Crippen LogP contribution in [-0.4, -0.2) is 10.5 Å². The van der Waals surface area contributed by atoms with Crippen LogP contribution in [0.3, 0.4) is 0 Å². The predicted octanol–water partition coefficient (Wildman–Crippen LogP) is 6.11. The molecule has 0 unspecified atom stereocenters. The predicted molar refractivity (Wildman–Crippen MR) is 108 cm³/mol. The molecule has 0 aliphatic carbocycles. The molecule has 0 radical (unpaired) electrons. The zero-order chi connectivity index (χ0) is 17.9. The molecule has 0 atom stereocenters. The minimum Gasteiger partial charge on any atom is -0.322 e. The van der Waals surface area contributed by atoms with Crippen molar-refractivity contribution >= 4 is 34.5 Å². The fraction of sp³-hybridized carbons (Fsp3) is 0. The van der Waals surface area contributed by atoms with Crippen LogP contribution in [0.1, 0.15) is 9.67 Å². The van der Waals surface area contributed by atoms with Crippen LogP contribution in [0.15, 0.2) is 84.5 Å². The van der Waals surface area contributed by atoms with Crippen molar-refractivity contribution in [1.29, 1.82) is 0 Å².